The summed E-state index contributed by atoms with van der Waals surface area (Å²) in [6.07, 6.45) is 82.4. The Hall–Kier alpha value is -3.33. The number of amides is 1. The molecule has 0 aromatic rings. The number of phosphoric acid groups is 1. The molecule has 0 spiro atoms. The van der Waals surface area contributed by atoms with Crippen molar-refractivity contribution in [3.05, 3.63) is 109 Å². The molecule has 0 rings (SSSR count). The first-order valence-electron chi connectivity index (χ1n) is 33.2. The molecule has 0 radical (unpaired) electrons. The van der Waals surface area contributed by atoms with Gasteiger partial charge in [-0.25, -0.2) is 4.57 Å². The van der Waals surface area contributed by atoms with Gasteiger partial charge in [-0.1, -0.05) is 259 Å². The van der Waals surface area contributed by atoms with Gasteiger partial charge in [0.15, 0.2) is 0 Å². The van der Waals surface area contributed by atoms with Crippen LogP contribution in [-0.2, 0) is 27.9 Å². The maximum Gasteiger partial charge on any atom is 0.472 e. The highest BCUT2D eigenvalue weighted by Gasteiger charge is 2.30. The lowest BCUT2D eigenvalue weighted by Gasteiger charge is -2.27. The molecular formula is C71H126N2O7P+. The van der Waals surface area contributed by atoms with Crippen LogP contribution in [0.3, 0.4) is 0 Å². The highest BCUT2D eigenvalue weighted by atomic mass is 31.2. The number of hydrogen-bond acceptors (Lipinski definition) is 6. The van der Waals surface area contributed by atoms with Gasteiger partial charge in [0.1, 0.15) is 19.3 Å². The second-order valence-electron chi connectivity index (χ2n) is 23.3. The molecule has 0 aromatic heterocycles. The fourth-order valence-corrected chi connectivity index (χ4v) is 9.83. The minimum atomic E-state index is -4.46. The molecular weight excluding hydrogens is 1020 g/mol. The van der Waals surface area contributed by atoms with E-state index in [9.17, 15) is 19.0 Å². The van der Waals surface area contributed by atoms with Crippen LogP contribution in [0.1, 0.15) is 278 Å². The van der Waals surface area contributed by atoms with Gasteiger partial charge in [-0.05, 0) is 115 Å². The molecule has 0 saturated heterocycles. The molecule has 1 amide bonds. The van der Waals surface area contributed by atoms with E-state index in [1.54, 1.807) is 0 Å². The van der Waals surface area contributed by atoms with Crippen LogP contribution in [0.15, 0.2) is 109 Å². The number of ether oxygens (including phenoxy) is 1. The van der Waals surface area contributed by atoms with Crippen LogP contribution < -0.4 is 5.32 Å². The van der Waals surface area contributed by atoms with Crippen LogP contribution in [0.4, 0.5) is 0 Å². The first kappa shape index (κ1) is 77.7. The van der Waals surface area contributed by atoms with Gasteiger partial charge in [-0.2, -0.15) is 0 Å². The van der Waals surface area contributed by atoms with E-state index in [1.807, 2.05) is 33.3 Å². The van der Waals surface area contributed by atoms with Gasteiger partial charge in [0.2, 0.25) is 5.91 Å². The van der Waals surface area contributed by atoms with E-state index in [2.05, 4.69) is 123 Å². The fourth-order valence-electron chi connectivity index (χ4n) is 9.09. The molecule has 466 valence electrons. The van der Waals surface area contributed by atoms with Crippen LogP contribution in [0.5, 0.6) is 0 Å². The molecule has 0 fully saturated rings. The van der Waals surface area contributed by atoms with Gasteiger partial charge in [-0.15, -0.1) is 0 Å². The molecule has 0 bridgehead atoms. The summed E-state index contributed by atoms with van der Waals surface area (Å²) in [5.41, 5.74) is 0. The van der Waals surface area contributed by atoms with Gasteiger partial charge in [0.25, 0.3) is 0 Å². The van der Waals surface area contributed by atoms with Crippen molar-refractivity contribution < 1.29 is 37.3 Å². The first-order valence-corrected chi connectivity index (χ1v) is 34.7. The predicted molar refractivity (Wildman–Crippen MR) is 350 cm³/mol. The van der Waals surface area contributed by atoms with Crippen molar-refractivity contribution in [2.75, 3.05) is 40.9 Å². The smallest absolute Gasteiger partial charge is 0.456 e. The van der Waals surface area contributed by atoms with E-state index in [0.717, 1.165) is 116 Å². The Morgan fingerprint density at radius 1 is 0.444 bits per heavy atom. The molecule has 0 aliphatic heterocycles. The zero-order chi connectivity index (χ0) is 59.3. The Balaban J connectivity index is 5.10. The average Bonchev–Trinajstić information content (AvgIpc) is 3.44. The standard InChI is InChI=1S/C71H125N2O7P/c1-7-10-13-16-19-22-25-27-29-31-32-33-34-35-36-37-38-39-40-42-44-46-49-52-55-58-61-64-71(75)80-69(62-59-56-53-50-47-24-21-18-15-12-9-3)68(67-79-81(76,77)78-66-65-73(4,5)6)72-70(74)63-60-57-54-51-48-45-43-41-30-28-26-23-20-17-14-11-8-2/h10,13,19-20,22-23,27-30,32-33,35-36,43,45,59,62,68-69H,7-9,11-12,14-18,21,24-26,31,34,37-42,44,46-58,60-61,63-67H2,1-6H3,(H-,72,74,76,77)/p+1/b13-10-,22-19-,23-20-,29-27-,30-28-,33-32-,36-35-,45-43-,62-59-. The second kappa shape index (κ2) is 59.8. The number of nitrogens with one attached hydrogen (secondary N) is 1. The van der Waals surface area contributed by atoms with Crippen LogP contribution in [0.25, 0.3) is 0 Å². The van der Waals surface area contributed by atoms with Crippen LogP contribution in [0, 0.1) is 0 Å². The quantitative estimate of drug-likeness (QED) is 0.0205. The zero-order valence-corrected chi connectivity index (χ0v) is 54.1. The largest absolute Gasteiger partial charge is 0.472 e. The summed E-state index contributed by atoms with van der Waals surface area (Å²) in [5.74, 6) is -0.537. The minimum absolute atomic E-state index is 0.0306. The molecule has 3 unspecified atom stereocenters. The third-order valence-electron chi connectivity index (χ3n) is 14.2. The fraction of sp³-hybridized carbons (Fsp3) is 0.718. The van der Waals surface area contributed by atoms with E-state index >= 15 is 0 Å². The van der Waals surface area contributed by atoms with Crippen LogP contribution in [0.2, 0.25) is 0 Å². The number of carbonyl (C=O) groups excluding carboxylic acids is 2. The number of likely N-dealkylation sites (N-methyl/N-ethyl adjacent to an activating group) is 1. The van der Waals surface area contributed by atoms with Gasteiger partial charge in [0, 0.05) is 12.8 Å². The summed E-state index contributed by atoms with van der Waals surface area (Å²) >= 11 is 0. The molecule has 0 saturated carbocycles. The maximum absolute atomic E-state index is 13.5. The number of rotatable bonds is 59. The predicted octanol–water partition coefficient (Wildman–Crippen LogP) is 20.9. The molecule has 2 N–H and O–H groups in total. The summed E-state index contributed by atoms with van der Waals surface area (Å²) in [5, 5.41) is 3.04. The molecule has 0 aliphatic rings. The highest BCUT2D eigenvalue weighted by molar-refractivity contribution is 7.47. The number of allylic oxidation sites excluding steroid dienone is 17. The Bertz CT molecular complexity index is 1750. The Kier molecular flexibility index (Phi) is 57.4. The summed E-state index contributed by atoms with van der Waals surface area (Å²) in [6.45, 7) is 6.85. The number of phosphoric ester groups is 1. The van der Waals surface area contributed by atoms with Crippen molar-refractivity contribution in [1.29, 1.82) is 0 Å². The monoisotopic (exact) mass is 1150 g/mol. The number of nitrogens with zero attached hydrogens (tertiary/aromatic N) is 1. The lowest BCUT2D eigenvalue weighted by molar-refractivity contribution is -0.870. The van der Waals surface area contributed by atoms with E-state index in [0.29, 0.717) is 17.4 Å². The van der Waals surface area contributed by atoms with Crippen LogP contribution >= 0.6 is 7.82 Å². The third kappa shape index (κ3) is 61.1. The molecule has 3 atom stereocenters. The van der Waals surface area contributed by atoms with Crippen molar-refractivity contribution in [1.82, 2.24) is 5.32 Å². The van der Waals surface area contributed by atoms with E-state index in [4.69, 9.17) is 13.8 Å². The van der Waals surface area contributed by atoms with Gasteiger partial charge in [0.05, 0.1) is 33.8 Å². The molecule has 0 aliphatic carbocycles. The third-order valence-corrected chi connectivity index (χ3v) is 15.2. The molecule has 10 heteroatoms. The topological polar surface area (TPSA) is 111 Å². The second-order valence-corrected chi connectivity index (χ2v) is 24.7. The Morgan fingerprint density at radius 2 is 0.790 bits per heavy atom. The van der Waals surface area contributed by atoms with Crippen molar-refractivity contribution in [2.45, 2.75) is 290 Å². The van der Waals surface area contributed by atoms with Crippen molar-refractivity contribution >= 4 is 19.7 Å². The summed E-state index contributed by atoms with van der Waals surface area (Å²) < 4.78 is 30.7. The number of esters is 1. The van der Waals surface area contributed by atoms with Gasteiger partial charge >= 0.3 is 13.8 Å². The highest BCUT2D eigenvalue weighted by Crippen LogP contribution is 2.43. The lowest BCUT2D eigenvalue weighted by Crippen LogP contribution is -2.47. The molecule has 0 aromatic carbocycles. The average molecular weight is 1150 g/mol. The van der Waals surface area contributed by atoms with Crippen molar-refractivity contribution in [3.8, 4) is 0 Å². The summed E-state index contributed by atoms with van der Waals surface area (Å²) in [6, 6.07) is -0.867. The number of quaternary nitrogens is 1. The molecule has 0 heterocycles. The van der Waals surface area contributed by atoms with E-state index < -0.39 is 20.0 Å². The lowest BCUT2D eigenvalue weighted by atomic mass is 10.0. The van der Waals surface area contributed by atoms with Crippen molar-refractivity contribution in [2.24, 2.45) is 0 Å². The first-order chi connectivity index (χ1) is 39.4. The number of carbonyl (C=O) groups is 2. The van der Waals surface area contributed by atoms with Gasteiger partial charge in [-0.3, -0.25) is 18.6 Å². The van der Waals surface area contributed by atoms with E-state index in [1.165, 1.54) is 128 Å². The Labute approximate surface area is 500 Å². The molecule has 9 nitrogen and oxygen atoms in total. The Morgan fingerprint density at radius 3 is 1.21 bits per heavy atom. The number of hydrogen-bond donors (Lipinski definition) is 2. The number of unbranched alkanes of at least 4 members (excludes halogenated alkanes) is 27. The van der Waals surface area contributed by atoms with Crippen LogP contribution in [-0.4, -0.2) is 74.3 Å². The minimum Gasteiger partial charge on any atom is -0.456 e. The zero-order valence-electron chi connectivity index (χ0n) is 53.2. The molecule has 81 heavy (non-hydrogen) atoms. The maximum atomic E-state index is 13.5. The summed E-state index contributed by atoms with van der Waals surface area (Å²) in [7, 11) is 1.47. The van der Waals surface area contributed by atoms with Crippen molar-refractivity contribution in [3.63, 3.8) is 0 Å². The normalized spacial score (nSPS) is 14.3. The van der Waals surface area contributed by atoms with E-state index in [-0.39, 0.29) is 31.5 Å². The van der Waals surface area contributed by atoms with Gasteiger partial charge < -0.3 is 19.4 Å². The summed E-state index contributed by atoms with van der Waals surface area (Å²) in [4.78, 5) is 37.8. The SMILES string of the molecule is CC/C=C\C/C=C\C/C=C\C/C=C\C/C=C\CCCCCCCCCCCCCC(=O)OC(/C=C\CCCCCCCCCCC)C(COP(=O)(O)OCC[N+](C)(C)C)NC(=O)CCCCCC/C=C\C/C=C\C/C=C\CCCCC.